The minimum atomic E-state index is -0.122. The molecule has 160 valence electrons. The van der Waals surface area contributed by atoms with Gasteiger partial charge < -0.3 is 5.11 Å². The van der Waals surface area contributed by atoms with Gasteiger partial charge in [0.25, 0.3) is 0 Å². The number of unbranched alkanes of at least 4 members (excludes halogenated alkanes) is 13. The van der Waals surface area contributed by atoms with Crippen molar-refractivity contribution in [2.45, 2.75) is 96.8 Å². The van der Waals surface area contributed by atoms with Crippen molar-refractivity contribution in [1.29, 1.82) is 0 Å². The van der Waals surface area contributed by atoms with Crippen molar-refractivity contribution in [2.24, 2.45) is 4.99 Å². The number of allylic oxidation sites excluding steroid dienone is 1. The Morgan fingerprint density at radius 2 is 1.24 bits per heavy atom. The largest absolute Gasteiger partial charge is 0.506 e. The lowest BCUT2D eigenvalue weighted by Gasteiger charge is -2.02. The summed E-state index contributed by atoms with van der Waals surface area (Å²) in [6.45, 7) is 2.99. The number of ketones is 1. The number of carbonyl (C=O) groups is 1. The molecule has 0 atom stereocenters. The number of aliphatic imine (C=N–C) groups is 1. The highest BCUT2D eigenvalue weighted by Crippen LogP contribution is 2.29. The second kappa shape index (κ2) is 14.1. The molecule has 0 amide bonds. The number of benzene rings is 1. The van der Waals surface area contributed by atoms with Crippen LogP contribution in [0.4, 0.5) is 0 Å². The van der Waals surface area contributed by atoms with E-state index in [1.54, 1.807) is 18.3 Å². The van der Waals surface area contributed by atoms with E-state index in [0.717, 1.165) is 13.0 Å². The van der Waals surface area contributed by atoms with Crippen LogP contribution in [0.1, 0.15) is 113 Å². The van der Waals surface area contributed by atoms with Crippen LogP contribution in [0.25, 0.3) is 5.76 Å². The van der Waals surface area contributed by atoms with E-state index in [0.29, 0.717) is 16.7 Å². The summed E-state index contributed by atoms with van der Waals surface area (Å²) in [4.78, 5) is 16.7. The van der Waals surface area contributed by atoms with Gasteiger partial charge in [0.1, 0.15) is 5.76 Å². The molecule has 0 unspecified atom stereocenters. The van der Waals surface area contributed by atoms with E-state index in [-0.39, 0.29) is 11.5 Å². The Kier molecular flexibility index (Phi) is 11.4. The molecule has 29 heavy (non-hydrogen) atoms. The second-order valence-electron chi connectivity index (χ2n) is 8.27. The topological polar surface area (TPSA) is 49.7 Å². The van der Waals surface area contributed by atoms with Crippen LogP contribution in [0, 0.1) is 0 Å². The highest BCUT2D eigenvalue weighted by atomic mass is 16.3. The number of nitrogens with zero attached hydrogens (tertiary/aromatic N) is 1. The number of hydrogen-bond donors (Lipinski definition) is 1. The highest BCUT2D eigenvalue weighted by Gasteiger charge is 2.27. The van der Waals surface area contributed by atoms with Gasteiger partial charge in [0, 0.05) is 23.9 Å². The smallest absolute Gasteiger partial charge is 0.199 e. The first-order valence-corrected chi connectivity index (χ1v) is 11.8. The van der Waals surface area contributed by atoms with Crippen molar-refractivity contribution >= 4 is 17.8 Å². The van der Waals surface area contributed by atoms with Gasteiger partial charge in [-0.2, -0.15) is 0 Å². The molecule has 0 fully saturated rings. The summed E-state index contributed by atoms with van der Waals surface area (Å²) < 4.78 is 0. The molecule has 0 radical (unpaired) electrons. The van der Waals surface area contributed by atoms with Crippen molar-refractivity contribution in [3.8, 4) is 0 Å². The molecule has 1 aliphatic carbocycles. The lowest BCUT2D eigenvalue weighted by atomic mass is 10.0. The standard InChI is InChI=1S/C26H39NO2/c1-2-3-4-5-6-7-8-9-10-11-12-13-14-17-20-27-21-24-25(28)22-18-15-16-19-23(22)26(24)29/h15-16,18-19,21,28H,2-14,17,20H2,1H3. The number of carbonyl (C=O) groups excluding carboxylic acids is 1. The highest BCUT2D eigenvalue weighted by molar-refractivity contribution is 6.30. The van der Waals surface area contributed by atoms with Crippen LogP contribution in [-0.4, -0.2) is 23.6 Å². The summed E-state index contributed by atoms with van der Waals surface area (Å²) in [6.07, 6.45) is 20.3. The molecule has 3 nitrogen and oxygen atoms in total. The summed E-state index contributed by atoms with van der Waals surface area (Å²) in [5, 5.41) is 10.2. The zero-order valence-corrected chi connectivity index (χ0v) is 18.3. The third-order valence-electron chi connectivity index (χ3n) is 5.79. The molecule has 1 aromatic rings. The lowest BCUT2D eigenvalue weighted by molar-refractivity contribution is 0.104. The van der Waals surface area contributed by atoms with Crippen LogP contribution in [0.15, 0.2) is 34.8 Å². The number of rotatable bonds is 16. The molecule has 0 aromatic heterocycles. The number of hydrogen-bond acceptors (Lipinski definition) is 3. The molecular weight excluding hydrogens is 358 g/mol. The second-order valence-corrected chi connectivity index (χ2v) is 8.27. The molecule has 1 aromatic carbocycles. The Morgan fingerprint density at radius 1 is 0.759 bits per heavy atom. The number of aliphatic hydroxyl groups excluding tert-OH is 1. The van der Waals surface area contributed by atoms with Gasteiger partial charge in [0.05, 0.1) is 5.57 Å². The first-order chi connectivity index (χ1) is 14.3. The van der Waals surface area contributed by atoms with E-state index in [2.05, 4.69) is 11.9 Å². The minimum Gasteiger partial charge on any atom is -0.506 e. The number of Topliss-reactive ketones (excluding diaryl/α,β-unsaturated/α-hetero) is 1. The van der Waals surface area contributed by atoms with E-state index in [1.165, 1.54) is 83.5 Å². The summed E-state index contributed by atoms with van der Waals surface area (Å²) >= 11 is 0. The van der Waals surface area contributed by atoms with Crippen LogP contribution in [0.5, 0.6) is 0 Å². The Hall–Kier alpha value is -1.90. The molecule has 0 aliphatic heterocycles. The summed E-state index contributed by atoms with van der Waals surface area (Å²) in [6, 6.07) is 7.18. The average Bonchev–Trinajstić information content (AvgIpc) is 2.98. The molecule has 1 N–H and O–H groups in total. The predicted octanol–water partition coefficient (Wildman–Crippen LogP) is 7.70. The van der Waals surface area contributed by atoms with E-state index < -0.39 is 0 Å². The molecular formula is C26H39NO2. The fraction of sp³-hybridized carbons (Fsp3) is 0.615. The Labute approximate surface area is 177 Å². The average molecular weight is 398 g/mol. The van der Waals surface area contributed by atoms with Gasteiger partial charge in [-0.1, -0.05) is 115 Å². The summed E-state index contributed by atoms with van der Waals surface area (Å²) in [5.41, 5.74) is 1.52. The van der Waals surface area contributed by atoms with Crippen LogP contribution in [0.3, 0.4) is 0 Å². The molecule has 0 heterocycles. The predicted molar refractivity (Wildman–Crippen MR) is 124 cm³/mol. The normalized spacial score (nSPS) is 13.6. The fourth-order valence-corrected chi connectivity index (χ4v) is 3.96. The maximum absolute atomic E-state index is 12.3. The van der Waals surface area contributed by atoms with Crippen LogP contribution in [0.2, 0.25) is 0 Å². The molecule has 0 saturated heterocycles. The summed E-state index contributed by atoms with van der Waals surface area (Å²) in [5.74, 6) is -0.0573. The molecule has 0 bridgehead atoms. The molecule has 1 aliphatic rings. The molecule has 0 saturated carbocycles. The van der Waals surface area contributed by atoms with Gasteiger partial charge >= 0.3 is 0 Å². The minimum absolute atomic E-state index is 0.0651. The monoisotopic (exact) mass is 397 g/mol. The van der Waals surface area contributed by atoms with Crippen molar-refractivity contribution in [1.82, 2.24) is 0 Å². The Balaban J connectivity index is 1.44. The van der Waals surface area contributed by atoms with Crippen molar-refractivity contribution in [3.05, 3.63) is 41.0 Å². The van der Waals surface area contributed by atoms with Gasteiger partial charge in [-0.3, -0.25) is 9.79 Å². The van der Waals surface area contributed by atoms with E-state index in [1.807, 2.05) is 12.1 Å². The van der Waals surface area contributed by atoms with Crippen LogP contribution in [-0.2, 0) is 0 Å². The third kappa shape index (κ3) is 8.16. The van der Waals surface area contributed by atoms with E-state index in [9.17, 15) is 9.90 Å². The Bertz CT molecular complexity index is 675. The lowest BCUT2D eigenvalue weighted by Crippen LogP contribution is -2.00. The van der Waals surface area contributed by atoms with Crippen molar-refractivity contribution in [2.75, 3.05) is 6.54 Å². The molecule has 3 heteroatoms. The van der Waals surface area contributed by atoms with Crippen LogP contribution < -0.4 is 0 Å². The first-order valence-electron chi connectivity index (χ1n) is 11.8. The zero-order chi connectivity index (χ0) is 20.7. The number of aliphatic hydroxyl groups is 1. The van der Waals surface area contributed by atoms with E-state index in [4.69, 9.17) is 0 Å². The number of fused-ring (bicyclic) bond motifs is 1. The van der Waals surface area contributed by atoms with Gasteiger partial charge in [-0.05, 0) is 6.42 Å². The Morgan fingerprint density at radius 3 is 1.76 bits per heavy atom. The van der Waals surface area contributed by atoms with Crippen molar-refractivity contribution in [3.63, 3.8) is 0 Å². The van der Waals surface area contributed by atoms with Gasteiger partial charge in [0.2, 0.25) is 0 Å². The zero-order valence-electron chi connectivity index (χ0n) is 18.3. The SMILES string of the molecule is CCCCCCCCCCCCCCCCN=CC1=C(O)c2ccccc2C1=O. The quantitative estimate of drug-likeness (QED) is 0.229. The van der Waals surface area contributed by atoms with Gasteiger partial charge in [-0.15, -0.1) is 0 Å². The van der Waals surface area contributed by atoms with Gasteiger partial charge in [-0.25, -0.2) is 0 Å². The van der Waals surface area contributed by atoms with Crippen LogP contribution >= 0.6 is 0 Å². The molecule has 2 rings (SSSR count). The van der Waals surface area contributed by atoms with E-state index >= 15 is 0 Å². The fourth-order valence-electron chi connectivity index (χ4n) is 3.96. The molecule has 0 spiro atoms. The first kappa shape index (κ1) is 23.4. The maximum atomic E-state index is 12.3. The van der Waals surface area contributed by atoms with Gasteiger partial charge in [0.15, 0.2) is 5.78 Å². The van der Waals surface area contributed by atoms with Crippen molar-refractivity contribution < 1.29 is 9.90 Å². The maximum Gasteiger partial charge on any atom is 0.199 e. The third-order valence-corrected chi connectivity index (χ3v) is 5.79. The summed E-state index contributed by atoms with van der Waals surface area (Å²) in [7, 11) is 0.